The van der Waals surface area contributed by atoms with E-state index in [9.17, 15) is 14.4 Å². The van der Waals surface area contributed by atoms with Gasteiger partial charge in [0.05, 0.1) is 0 Å². The fraction of sp³-hybridized carbons (Fsp3) is 0.615. The van der Waals surface area contributed by atoms with E-state index in [2.05, 4.69) is 0 Å². The first kappa shape index (κ1) is 13.6. The van der Waals surface area contributed by atoms with Gasteiger partial charge in [0, 0.05) is 17.8 Å². The van der Waals surface area contributed by atoms with Crippen LogP contribution in [-0.2, 0) is 11.3 Å². The van der Waals surface area contributed by atoms with E-state index in [1.54, 1.807) is 6.92 Å². The zero-order valence-electron chi connectivity index (χ0n) is 11.0. The van der Waals surface area contributed by atoms with Crippen molar-refractivity contribution in [2.75, 3.05) is 0 Å². The Balaban J connectivity index is 2.51. The lowest BCUT2D eigenvalue weighted by Crippen LogP contribution is -2.44. The van der Waals surface area contributed by atoms with Gasteiger partial charge >= 0.3 is 11.7 Å². The van der Waals surface area contributed by atoms with Crippen LogP contribution in [0.4, 0.5) is 0 Å². The molecule has 19 heavy (non-hydrogen) atoms. The normalized spacial score (nSPS) is 16.5. The van der Waals surface area contributed by atoms with Crippen LogP contribution in [0, 0.1) is 6.92 Å². The van der Waals surface area contributed by atoms with Crippen molar-refractivity contribution in [2.45, 2.75) is 51.6 Å². The first-order valence-electron chi connectivity index (χ1n) is 6.55. The quantitative estimate of drug-likeness (QED) is 0.881. The minimum atomic E-state index is -1.08. The summed E-state index contributed by atoms with van der Waals surface area (Å²) in [5.41, 5.74) is -0.431. The maximum atomic E-state index is 12.3. The van der Waals surface area contributed by atoms with Gasteiger partial charge in [0.1, 0.15) is 6.54 Å². The predicted molar refractivity (Wildman–Crippen MR) is 69.5 cm³/mol. The Morgan fingerprint density at radius 3 is 2.53 bits per heavy atom. The number of carbonyl (C=O) groups is 1. The van der Waals surface area contributed by atoms with E-state index in [1.807, 2.05) is 0 Å². The molecule has 0 radical (unpaired) electrons. The lowest BCUT2D eigenvalue weighted by atomic mass is 9.95. The summed E-state index contributed by atoms with van der Waals surface area (Å²) in [6, 6.07) is 1.26. The molecule has 1 aromatic rings. The molecule has 1 saturated carbocycles. The SMILES string of the molecule is Cc1cc(=O)n(C2CCCCC2)c(=O)n1CC(=O)O. The van der Waals surface area contributed by atoms with Crippen molar-refractivity contribution in [2.24, 2.45) is 0 Å². The molecule has 0 bridgehead atoms. The van der Waals surface area contributed by atoms with Gasteiger partial charge in [-0.2, -0.15) is 0 Å². The minimum Gasteiger partial charge on any atom is -0.480 e. The van der Waals surface area contributed by atoms with Gasteiger partial charge in [-0.3, -0.25) is 18.7 Å². The number of aliphatic carboxylic acids is 1. The lowest BCUT2D eigenvalue weighted by molar-refractivity contribution is -0.137. The average molecular weight is 266 g/mol. The maximum absolute atomic E-state index is 12.3. The van der Waals surface area contributed by atoms with Crippen LogP contribution in [0.1, 0.15) is 43.8 Å². The summed E-state index contributed by atoms with van der Waals surface area (Å²) >= 11 is 0. The minimum absolute atomic E-state index is 0.0885. The highest BCUT2D eigenvalue weighted by atomic mass is 16.4. The van der Waals surface area contributed by atoms with E-state index >= 15 is 0 Å². The maximum Gasteiger partial charge on any atom is 0.331 e. The molecule has 0 saturated heterocycles. The van der Waals surface area contributed by atoms with Crippen molar-refractivity contribution in [3.05, 3.63) is 32.6 Å². The summed E-state index contributed by atoms with van der Waals surface area (Å²) in [7, 11) is 0. The van der Waals surface area contributed by atoms with E-state index in [0.717, 1.165) is 36.7 Å². The third kappa shape index (κ3) is 2.77. The average Bonchev–Trinajstić information content (AvgIpc) is 2.35. The zero-order chi connectivity index (χ0) is 14.0. The molecule has 1 aliphatic carbocycles. The topological polar surface area (TPSA) is 81.3 Å². The van der Waals surface area contributed by atoms with Crippen LogP contribution < -0.4 is 11.2 Å². The van der Waals surface area contributed by atoms with Gasteiger partial charge in [-0.15, -0.1) is 0 Å². The Morgan fingerprint density at radius 2 is 1.95 bits per heavy atom. The first-order chi connectivity index (χ1) is 9.00. The molecule has 6 nitrogen and oxygen atoms in total. The molecule has 1 fully saturated rings. The fourth-order valence-electron chi connectivity index (χ4n) is 2.70. The molecule has 0 aromatic carbocycles. The number of hydrogen-bond donors (Lipinski definition) is 1. The molecule has 2 rings (SSSR count). The number of hydrogen-bond acceptors (Lipinski definition) is 3. The van der Waals surface area contributed by atoms with Gasteiger partial charge in [-0.1, -0.05) is 19.3 Å². The van der Waals surface area contributed by atoms with Crippen LogP contribution in [0.25, 0.3) is 0 Å². The van der Waals surface area contributed by atoms with Crippen LogP contribution in [0.5, 0.6) is 0 Å². The Kier molecular flexibility index (Phi) is 3.87. The molecular weight excluding hydrogens is 248 g/mol. The monoisotopic (exact) mass is 266 g/mol. The Hall–Kier alpha value is -1.85. The fourth-order valence-corrected chi connectivity index (χ4v) is 2.70. The molecule has 1 N–H and O–H groups in total. The Bertz CT molecular complexity index is 594. The van der Waals surface area contributed by atoms with Crippen LogP contribution in [0.3, 0.4) is 0 Å². The standard InChI is InChI=1S/C13H18N2O4/c1-9-7-11(16)15(10-5-3-2-4-6-10)13(19)14(9)8-12(17)18/h7,10H,2-6,8H2,1H3,(H,17,18). The number of carboxylic acid groups (broad SMARTS) is 1. The third-order valence-electron chi connectivity index (χ3n) is 3.67. The second-order valence-electron chi connectivity index (χ2n) is 5.05. The lowest BCUT2D eigenvalue weighted by Gasteiger charge is -2.24. The number of aryl methyl sites for hydroxylation is 1. The summed E-state index contributed by atoms with van der Waals surface area (Å²) in [6.07, 6.45) is 4.75. The van der Waals surface area contributed by atoms with Crippen LogP contribution in [0.2, 0.25) is 0 Å². The van der Waals surface area contributed by atoms with Gasteiger partial charge < -0.3 is 5.11 Å². The van der Waals surface area contributed by atoms with Crippen molar-refractivity contribution in [1.82, 2.24) is 9.13 Å². The van der Waals surface area contributed by atoms with Gasteiger partial charge in [-0.05, 0) is 19.8 Å². The number of rotatable bonds is 3. The molecule has 104 valence electrons. The number of aromatic nitrogens is 2. The summed E-state index contributed by atoms with van der Waals surface area (Å²) in [4.78, 5) is 35.1. The molecule has 0 amide bonds. The van der Waals surface area contributed by atoms with Gasteiger partial charge in [0.2, 0.25) is 0 Å². The second-order valence-corrected chi connectivity index (χ2v) is 5.05. The number of carboxylic acids is 1. The highest BCUT2D eigenvalue weighted by Crippen LogP contribution is 2.25. The first-order valence-corrected chi connectivity index (χ1v) is 6.55. The zero-order valence-corrected chi connectivity index (χ0v) is 11.0. The van der Waals surface area contributed by atoms with Gasteiger partial charge in [0.15, 0.2) is 0 Å². The second kappa shape index (κ2) is 5.42. The molecule has 0 atom stereocenters. The van der Waals surface area contributed by atoms with Crippen molar-refractivity contribution < 1.29 is 9.90 Å². The Labute approximate surface area is 110 Å². The van der Waals surface area contributed by atoms with E-state index in [4.69, 9.17) is 5.11 Å². The van der Waals surface area contributed by atoms with Gasteiger partial charge in [-0.25, -0.2) is 4.79 Å². The largest absolute Gasteiger partial charge is 0.480 e. The highest BCUT2D eigenvalue weighted by molar-refractivity contribution is 5.66. The van der Waals surface area contributed by atoms with Crippen molar-refractivity contribution in [1.29, 1.82) is 0 Å². The molecule has 1 aliphatic rings. The van der Waals surface area contributed by atoms with E-state index in [-0.39, 0.29) is 11.6 Å². The van der Waals surface area contributed by atoms with Crippen LogP contribution in [-0.4, -0.2) is 20.2 Å². The van der Waals surface area contributed by atoms with E-state index < -0.39 is 18.2 Å². The smallest absolute Gasteiger partial charge is 0.331 e. The van der Waals surface area contributed by atoms with Crippen molar-refractivity contribution >= 4 is 5.97 Å². The third-order valence-corrected chi connectivity index (χ3v) is 3.67. The summed E-state index contributed by atoms with van der Waals surface area (Å²) in [5, 5.41) is 8.84. The molecule has 0 aliphatic heterocycles. The summed E-state index contributed by atoms with van der Waals surface area (Å²) in [6.45, 7) is 1.18. The van der Waals surface area contributed by atoms with Crippen molar-refractivity contribution in [3.63, 3.8) is 0 Å². The molecule has 1 aromatic heterocycles. The summed E-state index contributed by atoms with van der Waals surface area (Å²) < 4.78 is 2.38. The molecular formula is C13H18N2O4. The molecule has 1 heterocycles. The Morgan fingerprint density at radius 1 is 1.32 bits per heavy atom. The van der Waals surface area contributed by atoms with E-state index in [0.29, 0.717) is 5.69 Å². The number of nitrogens with zero attached hydrogens (tertiary/aromatic N) is 2. The predicted octanol–water partition coefficient (Wildman–Crippen LogP) is 0.908. The highest BCUT2D eigenvalue weighted by Gasteiger charge is 2.21. The molecule has 0 spiro atoms. The summed E-state index contributed by atoms with van der Waals surface area (Å²) in [5.74, 6) is -1.08. The van der Waals surface area contributed by atoms with Crippen LogP contribution in [0.15, 0.2) is 15.7 Å². The van der Waals surface area contributed by atoms with Crippen LogP contribution >= 0.6 is 0 Å². The van der Waals surface area contributed by atoms with Gasteiger partial charge in [0.25, 0.3) is 5.56 Å². The molecule has 0 unspecified atom stereocenters. The molecule has 6 heteroatoms. The van der Waals surface area contributed by atoms with Crippen molar-refractivity contribution in [3.8, 4) is 0 Å². The van der Waals surface area contributed by atoms with E-state index in [1.165, 1.54) is 10.6 Å².